The van der Waals surface area contributed by atoms with E-state index in [4.69, 9.17) is 14.0 Å². The molecule has 1 aromatic heterocycles. The summed E-state index contributed by atoms with van der Waals surface area (Å²) in [7, 11) is 3.16. The Morgan fingerprint density at radius 3 is 2.75 bits per heavy atom. The fraction of sp³-hybridized carbons (Fsp3) is 0.500. The van der Waals surface area contributed by atoms with Crippen LogP contribution in [-0.4, -0.2) is 61.0 Å². The Balaban J connectivity index is 1.47. The molecular formula is C20H27N3O5. The SMILES string of the molecule is COc1ccc(CNC(=O)CN2C[C@@H](Cc3cc(C)no3)[C@H](O)C2)cc1OC. The molecule has 0 spiro atoms. The maximum Gasteiger partial charge on any atom is 0.234 e. The molecule has 1 aliphatic heterocycles. The van der Waals surface area contributed by atoms with E-state index in [0.29, 0.717) is 37.6 Å². The number of amides is 1. The van der Waals surface area contributed by atoms with E-state index in [2.05, 4.69) is 10.5 Å². The highest BCUT2D eigenvalue weighted by Gasteiger charge is 2.33. The predicted molar refractivity (Wildman–Crippen MR) is 102 cm³/mol. The van der Waals surface area contributed by atoms with Crippen molar-refractivity contribution in [1.29, 1.82) is 0 Å². The van der Waals surface area contributed by atoms with Crippen LogP contribution in [0.25, 0.3) is 0 Å². The zero-order valence-corrected chi connectivity index (χ0v) is 16.5. The van der Waals surface area contributed by atoms with Crippen LogP contribution >= 0.6 is 0 Å². The predicted octanol–water partition coefficient (Wildman–Crippen LogP) is 1.15. The Morgan fingerprint density at radius 1 is 1.29 bits per heavy atom. The number of aryl methyl sites for hydroxylation is 1. The molecule has 8 nitrogen and oxygen atoms in total. The zero-order valence-electron chi connectivity index (χ0n) is 16.5. The Hall–Kier alpha value is -2.58. The number of aromatic nitrogens is 1. The molecule has 1 saturated heterocycles. The van der Waals surface area contributed by atoms with Gasteiger partial charge in [0.05, 0.1) is 32.6 Å². The van der Waals surface area contributed by atoms with Gasteiger partial charge in [-0.15, -0.1) is 0 Å². The van der Waals surface area contributed by atoms with Crippen molar-refractivity contribution in [2.75, 3.05) is 33.9 Å². The maximum atomic E-state index is 12.3. The van der Waals surface area contributed by atoms with Crippen molar-refractivity contribution < 1.29 is 23.9 Å². The second kappa shape index (κ2) is 9.07. The molecule has 2 N–H and O–H groups in total. The average Bonchev–Trinajstić information content (AvgIpc) is 3.24. The molecule has 0 aliphatic carbocycles. The van der Waals surface area contributed by atoms with E-state index in [0.717, 1.165) is 17.0 Å². The van der Waals surface area contributed by atoms with Crippen molar-refractivity contribution in [3.63, 3.8) is 0 Å². The summed E-state index contributed by atoms with van der Waals surface area (Å²) in [6.07, 6.45) is 0.134. The third-order valence-electron chi connectivity index (χ3n) is 4.93. The minimum Gasteiger partial charge on any atom is -0.493 e. The molecule has 0 bridgehead atoms. The third kappa shape index (κ3) is 5.02. The van der Waals surface area contributed by atoms with Crippen LogP contribution in [0.2, 0.25) is 0 Å². The number of ether oxygens (including phenoxy) is 2. The Labute approximate surface area is 164 Å². The molecule has 2 atom stereocenters. The molecule has 3 rings (SSSR count). The monoisotopic (exact) mass is 389 g/mol. The number of hydrogen-bond acceptors (Lipinski definition) is 7. The van der Waals surface area contributed by atoms with Crippen molar-refractivity contribution in [1.82, 2.24) is 15.4 Å². The number of methoxy groups -OCH3 is 2. The van der Waals surface area contributed by atoms with E-state index >= 15 is 0 Å². The summed E-state index contributed by atoms with van der Waals surface area (Å²) in [5, 5.41) is 17.1. The second-order valence-corrected chi connectivity index (χ2v) is 7.13. The largest absolute Gasteiger partial charge is 0.493 e. The summed E-state index contributed by atoms with van der Waals surface area (Å²) in [5.41, 5.74) is 1.75. The molecule has 1 amide bonds. The fourth-order valence-corrected chi connectivity index (χ4v) is 3.49. The van der Waals surface area contributed by atoms with Crippen LogP contribution in [0.3, 0.4) is 0 Å². The molecular weight excluding hydrogens is 362 g/mol. The van der Waals surface area contributed by atoms with Crippen LogP contribution < -0.4 is 14.8 Å². The van der Waals surface area contributed by atoms with E-state index in [1.807, 2.05) is 36.1 Å². The summed E-state index contributed by atoms with van der Waals surface area (Å²) >= 11 is 0. The van der Waals surface area contributed by atoms with Crippen LogP contribution in [0, 0.1) is 12.8 Å². The van der Waals surface area contributed by atoms with Crippen molar-refractivity contribution in [3.8, 4) is 11.5 Å². The van der Waals surface area contributed by atoms with Gasteiger partial charge < -0.3 is 24.4 Å². The first-order valence-electron chi connectivity index (χ1n) is 9.28. The minimum atomic E-state index is -0.482. The smallest absolute Gasteiger partial charge is 0.234 e. The second-order valence-electron chi connectivity index (χ2n) is 7.13. The van der Waals surface area contributed by atoms with Crippen LogP contribution in [0.15, 0.2) is 28.8 Å². The number of hydrogen-bond donors (Lipinski definition) is 2. The first-order valence-corrected chi connectivity index (χ1v) is 9.28. The minimum absolute atomic E-state index is 0.0333. The van der Waals surface area contributed by atoms with Gasteiger partial charge in [0.25, 0.3) is 0 Å². The van der Waals surface area contributed by atoms with Gasteiger partial charge >= 0.3 is 0 Å². The van der Waals surface area contributed by atoms with Gasteiger partial charge in [-0.2, -0.15) is 0 Å². The van der Waals surface area contributed by atoms with Gasteiger partial charge in [-0.05, 0) is 24.6 Å². The molecule has 2 heterocycles. The van der Waals surface area contributed by atoms with Gasteiger partial charge in [0.2, 0.25) is 5.91 Å². The summed E-state index contributed by atoms with van der Waals surface area (Å²) in [4.78, 5) is 14.3. The van der Waals surface area contributed by atoms with Gasteiger partial charge in [-0.3, -0.25) is 9.69 Å². The summed E-state index contributed by atoms with van der Waals surface area (Å²) in [6.45, 7) is 3.63. The molecule has 2 aromatic rings. The lowest BCUT2D eigenvalue weighted by Gasteiger charge is -2.15. The number of aliphatic hydroxyl groups excluding tert-OH is 1. The summed E-state index contributed by atoms with van der Waals surface area (Å²) in [6, 6.07) is 7.42. The van der Waals surface area contributed by atoms with Gasteiger partial charge in [0.1, 0.15) is 5.76 Å². The summed E-state index contributed by atoms with van der Waals surface area (Å²) < 4.78 is 15.7. The number of carbonyl (C=O) groups is 1. The highest BCUT2D eigenvalue weighted by molar-refractivity contribution is 5.78. The quantitative estimate of drug-likeness (QED) is 0.699. The summed E-state index contributed by atoms with van der Waals surface area (Å²) in [5.74, 6) is 1.99. The van der Waals surface area contributed by atoms with Gasteiger partial charge in [0, 0.05) is 38.0 Å². The van der Waals surface area contributed by atoms with Crippen molar-refractivity contribution in [2.24, 2.45) is 5.92 Å². The molecule has 28 heavy (non-hydrogen) atoms. The maximum absolute atomic E-state index is 12.3. The van der Waals surface area contributed by atoms with Gasteiger partial charge in [0.15, 0.2) is 11.5 Å². The number of rotatable bonds is 8. The molecule has 1 aromatic carbocycles. The van der Waals surface area contributed by atoms with Crippen LogP contribution in [0.1, 0.15) is 17.0 Å². The molecule has 0 unspecified atom stereocenters. The van der Waals surface area contributed by atoms with Crippen molar-refractivity contribution in [2.45, 2.75) is 26.0 Å². The lowest BCUT2D eigenvalue weighted by molar-refractivity contribution is -0.122. The highest BCUT2D eigenvalue weighted by atomic mass is 16.5. The van der Waals surface area contributed by atoms with E-state index in [1.54, 1.807) is 14.2 Å². The number of nitrogens with one attached hydrogen (secondary N) is 1. The molecule has 1 aliphatic rings. The van der Waals surface area contributed by atoms with Crippen LogP contribution in [0.5, 0.6) is 11.5 Å². The highest BCUT2D eigenvalue weighted by Crippen LogP contribution is 2.27. The molecule has 152 valence electrons. The number of nitrogens with zero attached hydrogens (tertiary/aromatic N) is 2. The Kier molecular flexibility index (Phi) is 6.53. The van der Waals surface area contributed by atoms with Gasteiger partial charge in [-0.1, -0.05) is 11.2 Å². The lowest BCUT2D eigenvalue weighted by atomic mass is 10.0. The topological polar surface area (TPSA) is 97.1 Å². The van der Waals surface area contributed by atoms with Crippen LogP contribution in [-0.2, 0) is 17.8 Å². The van der Waals surface area contributed by atoms with Crippen LogP contribution in [0.4, 0.5) is 0 Å². The number of aliphatic hydroxyl groups is 1. The van der Waals surface area contributed by atoms with E-state index < -0.39 is 6.10 Å². The van der Waals surface area contributed by atoms with E-state index in [9.17, 15) is 9.90 Å². The number of carbonyl (C=O) groups excluding carboxylic acids is 1. The van der Waals surface area contributed by atoms with Crippen molar-refractivity contribution in [3.05, 3.63) is 41.3 Å². The fourth-order valence-electron chi connectivity index (χ4n) is 3.49. The number of benzene rings is 1. The van der Waals surface area contributed by atoms with E-state index in [-0.39, 0.29) is 18.4 Å². The van der Waals surface area contributed by atoms with Crippen molar-refractivity contribution >= 4 is 5.91 Å². The third-order valence-corrected chi connectivity index (χ3v) is 4.93. The molecule has 8 heteroatoms. The standard InChI is InChI=1S/C20H27N3O5/c1-13-6-16(28-22-13)8-15-10-23(11-17(15)24)12-20(25)21-9-14-4-5-18(26-2)19(7-14)27-3/h4-7,15,17,24H,8-12H2,1-3H3,(H,21,25)/t15-,17-/m1/s1. The lowest BCUT2D eigenvalue weighted by Crippen LogP contribution is -2.36. The Bertz CT molecular complexity index is 807. The number of likely N-dealkylation sites (tertiary alicyclic amines) is 1. The normalized spacial score (nSPS) is 19.6. The molecule has 1 fully saturated rings. The van der Waals surface area contributed by atoms with E-state index in [1.165, 1.54) is 0 Å². The first-order chi connectivity index (χ1) is 13.5. The average molecular weight is 389 g/mol. The molecule has 0 radical (unpaired) electrons. The first kappa shape index (κ1) is 20.2. The molecule has 0 saturated carbocycles. The Morgan fingerprint density at radius 2 is 2.07 bits per heavy atom. The van der Waals surface area contributed by atoms with Gasteiger partial charge in [-0.25, -0.2) is 0 Å². The zero-order chi connectivity index (χ0) is 20.1. The number of β-amino-alcohol motifs (C(OH)–C–C–N with tert-alkyl or cyclic N) is 1.